The molecule has 0 heterocycles. The smallest absolute Gasteiger partial charge is 0.240 e. The summed E-state index contributed by atoms with van der Waals surface area (Å²) in [6.45, 7) is 6.42. The molecule has 0 atom stereocenters. The molecule has 0 spiro atoms. The molecule has 0 aliphatic rings. The first kappa shape index (κ1) is 19.5. The van der Waals surface area contributed by atoms with Gasteiger partial charge in [0.2, 0.25) is 11.8 Å². The number of nitrogens with one attached hydrogen (secondary N) is 2. The van der Waals surface area contributed by atoms with Gasteiger partial charge in [0.1, 0.15) is 0 Å². The van der Waals surface area contributed by atoms with E-state index in [0.29, 0.717) is 13.1 Å². The number of carbonyl (C=O) groups excluding carboxylic acids is 2. The van der Waals surface area contributed by atoms with Gasteiger partial charge in [0.05, 0.1) is 12.2 Å². The van der Waals surface area contributed by atoms with Crippen LogP contribution >= 0.6 is 0 Å². The summed E-state index contributed by atoms with van der Waals surface area (Å²) in [5.74, 6) is -0.200. The van der Waals surface area contributed by atoms with Crippen LogP contribution in [-0.4, -0.2) is 18.4 Å². The molecule has 0 saturated carbocycles. The highest BCUT2D eigenvalue weighted by Gasteiger charge is 2.20. The van der Waals surface area contributed by atoms with Crippen molar-refractivity contribution in [3.63, 3.8) is 0 Å². The lowest BCUT2D eigenvalue weighted by Gasteiger charge is -2.26. The third-order valence-electron chi connectivity index (χ3n) is 3.83. The predicted molar refractivity (Wildman–Crippen MR) is 104 cm³/mol. The van der Waals surface area contributed by atoms with Gasteiger partial charge in [-0.3, -0.25) is 20.0 Å². The summed E-state index contributed by atoms with van der Waals surface area (Å²) in [7, 11) is 0. The average Bonchev–Trinajstić information content (AvgIpc) is 2.62. The number of para-hydroxylation sites is 1. The van der Waals surface area contributed by atoms with Crippen LogP contribution in [0.5, 0.6) is 0 Å². The number of anilines is 1. The molecular weight excluding hydrogens is 326 g/mol. The molecule has 2 aromatic rings. The molecule has 0 bridgehead atoms. The number of hydrogen-bond acceptors (Lipinski definition) is 3. The molecule has 5 heteroatoms. The fourth-order valence-corrected chi connectivity index (χ4v) is 2.33. The lowest BCUT2D eigenvalue weighted by atomic mass is 9.96. The highest BCUT2D eigenvalue weighted by Crippen LogP contribution is 2.15. The molecule has 2 aromatic carbocycles. The number of carbonyl (C=O) groups is 2. The van der Waals surface area contributed by atoms with E-state index in [1.165, 1.54) is 0 Å². The molecule has 2 N–H and O–H groups in total. The van der Waals surface area contributed by atoms with Gasteiger partial charge in [-0.2, -0.15) is 0 Å². The van der Waals surface area contributed by atoms with Gasteiger partial charge in [-0.05, 0) is 17.7 Å². The minimum atomic E-state index is -0.458. The van der Waals surface area contributed by atoms with E-state index in [4.69, 9.17) is 0 Å². The Kier molecular flexibility index (Phi) is 6.78. The van der Waals surface area contributed by atoms with Crippen molar-refractivity contribution in [3.8, 4) is 0 Å². The van der Waals surface area contributed by atoms with Crippen LogP contribution in [0.4, 0.5) is 5.69 Å². The Labute approximate surface area is 155 Å². The first-order valence-electron chi connectivity index (χ1n) is 8.80. The molecule has 2 rings (SSSR count). The topological polar surface area (TPSA) is 61.4 Å². The lowest BCUT2D eigenvalue weighted by molar-refractivity contribution is -0.128. The van der Waals surface area contributed by atoms with Crippen molar-refractivity contribution in [1.29, 1.82) is 0 Å². The number of rotatable bonds is 7. The molecule has 0 radical (unpaired) electrons. The second-order valence-corrected chi connectivity index (χ2v) is 7.20. The zero-order chi connectivity index (χ0) is 19.0. The third-order valence-corrected chi connectivity index (χ3v) is 3.83. The maximum Gasteiger partial charge on any atom is 0.240 e. The Hall–Kier alpha value is -2.82. The molecular formula is C21H27N3O2. The monoisotopic (exact) mass is 353 g/mol. The number of benzene rings is 2. The van der Waals surface area contributed by atoms with Crippen LogP contribution in [0.25, 0.3) is 0 Å². The average molecular weight is 353 g/mol. The van der Waals surface area contributed by atoms with Gasteiger partial charge >= 0.3 is 0 Å². The Bertz CT molecular complexity index is 709. The van der Waals surface area contributed by atoms with Gasteiger partial charge in [-0.1, -0.05) is 69.3 Å². The highest BCUT2D eigenvalue weighted by atomic mass is 16.2. The zero-order valence-corrected chi connectivity index (χ0v) is 15.7. The van der Waals surface area contributed by atoms with Gasteiger partial charge in [0, 0.05) is 18.4 Å². The molecule has 0 aliphatic heterocycles. The molecule has 5 nitrogen and oxygen atoms in total. The van der Waals surface area contributed by atoms with E-state index in [-0.39, 0.29) is 18.2 Å². The predicted octanol–water partition coefficient (Wildman–Crippen LogP) is 3.28. The van der Waals surface area contributed by atoms with Gasteiger partial charge in [-0.15, -0.1) is 0 Å². The summed E-state index contributed by atoms with van der Waals surface area (Å²) in [4.78, 5) is 24.2. The Morgan fingerprint density at radius 2 is 1.50 bits per heavy atom. The largest absolute Gasteiger partial charge is 0.355 e. The molecule has 26 heavy (non-hydrogen) atoms. The van der Waals surface area contributed by atoms with E-state index in [2.05, 4.69) is 10.7 Å². The van der Waals surface area contributed by atoms with Gasteiger partial charge in [0.15, 0.2) is 0 Å². The number of amides is 2. The molecule has 0 unspecified atom stereocenters. The molecule has 0 saturated heterocycles. The van der Waals surface area contributed by atoms with Crippen molar-refractivity contribution in [2.75, 3.05) is 11.6 Å². The normalized spacial score (nSPS) is 10.9. The number of hydrazine groups is 1. The van der Waals surface area contributed by atoms with Crippen LogP contribution in [-0.2, 0) is 16.1 Å². The fourth-order valence-electron chi connectivity index (χ4n) is 2.33. The van der Waals surface area contributed by atoms with E-state index >= 15 is 0 Å². The molecule has 0 aromatic heterocycles. The Balaban J connectivity index is 1.96. The molecule has 138 valence electrons. The number of hydrogen-bond donors (Lipinski definition) is 2. The Morgan fingerprint density at radius 3 is 2.08 bits per heavy atom. The zero-order valence-electron chi connectivity index (χ0n) is 15.7. The standard InChI is InChI=1S/C21H27N3O2/c1-21(2,3)20(26)22-15-14-19(25)23-24(18-12-8-5-9-13-18)16-17-10-6-4-7-11-17/h4-13H,14-16H2,1-3H3,(H,22,26)(H,23,25). The van der Waals surface area contributed by atoms with Crippen molar-refractivity contribution in [1.82, 2.24) is 10.7 Å². The van der Waals surface area contributed by atoms with E-state index < -0.39 is 5.41 Å². The summed E-state index contributed by atoms with van der Waals surface area (Å²) >= 11 is 0. The van der Waals surface area contributed by atoms with E-state index in [1.54, 1.807) is 0 Å². The molecule has 2 amide bonds. The van der Waals surface area contributed by atoms with Gasteiger partial charge < -0.3 is 5.32 Å². The van der Waals surface area contributed by atoms with Crippen LogP contribution in [0.2, 0.25) is 0 Å². The van der Waals surface area contributed by atoms with E-state index in [1.807, 2.05) is 86.4 Å². The summed E-state index contributed by atoms with van der Waals surface area (Å²) in [6.07, 6.45) is 0.222. The first-order valence-corrected chi connectivity index (χ1v) is 8.80. The van der Waals surface area contributed by atoms with Crippen molar-refractivity contribution in [3.05, 3.63) is 66.2 Å². The van der Waals surface area contributed by atoms with Crippen LogP contribution < -0.4 is 15.8 Å². The van der Waals surface area contributed by atoms with Gasteiger partial charge in [-0.25, -0.2) is 0 Å². The SMILES string of the molecule is CC(C)(C)C(=O)NCCC(=O)NN(Cc1ccccc1)c1ccccc1. The maximum absolute atomic E-state index is 12.3. The molecule has 0 fully saturated rings. The quantitative estimate of drug-likeness (QED) is 0.751. The maximum atomic E-state index is 12.3. The summed E-state index contributed by atoms with van der Waals surface area (Å²) in [5.41, 5.74) is 4.48. The van der Waals surface area contributed by atoms with Crippen molar-refractivity contribution >= 4 is 17.5 Å². The second-order valence-electron chi connectivity index (χ2n) is 7.20. The van der Waals surface area contributed by atoms with E-state index in [9.17, 15) is 9.59 Å². The van der Waals surface area contributed by atoms with Gasteiger partial charge in [0.25, 0.3) is 0 Å². The third kappa shape index (κ3) is 6.24. The van der Waals surface area contributed by atoms with Crippen molar-refractivity contribution < 1.29 is 9.59 Å². The summed E-state index contributed by atoms with van der Waals surface area (Å²) < 4.78 is 0. The second kappa shape index (κ2) is 9.04. The van der Waals surface area contributed by atoms with Crippen LogP contribution in [0.1, 0.15) is 32.8 Å². The fraction of sp³-hybridized carbons (Fsp3) is 0.333. The van der Waals surface area contributed by atoms with Crippen LogP contribution in [0.15, 0.2) is 60.7 Å². The van der Waals surface area contributed by atoms with Crippen molar-refractivity contribution in [2.45, 2.75) is 33.7 Å². The van der Waals surface area contributed by atoms with E-state index in [0.717, 1.165) is 11.3 Å². The number of nitrogens with zero attached hydrogens (tertiary/aromatic N) is 1. The minimum Gasteiger partial charge on any atom is -0.355 e. The van der Waals surface area contributed by atoms with Crippen molar-refractivity contribution in [2.24, 2.45) is 5.41 Å². The minimum absolute atomic E-state index is 0.0606. The highest BCUT2D eigenvalue weighted by molar-refractivity contribution is 5.82. The lowest BCUT2D eigenvalue weighted by Crippen LogP contribution is -2.43. The molecule has 0 aliphatic carbocycles. The van der Waals surface area contributed by atoms with Crippen LogP contribution in [0.3, 0.4) is 0 Å². The first-order chi connectivity index (χ1) is 12.4. The summed E-state index contributed by atoms with van der Waals surface area (Å²) in [6, 6.07) is 19.7. The van der Waals surface area contributed by atoms with Crippen LogP contribution in [0, 0.1) is 5.41 Å². The summed E-state index contributed by atoms with van der Waals surface area (Å²) in [5, 5.41) is 4.62. The Morgan fingerprint density at radius 1 is 0.923 bits per heavy atom.